The van der Waals surface area contributed by atoms with Crippen LogP contribution in [0.5, 0.6) is 0 Å². The molecule has 4 nitrogen and oxygen atoms in total. The van der Waals surface area contributed by atoms with Crippen molar-refractivity contribution in [1.29, 1.82) is 0 Å². The summed E-state index contributed by atoms with van der Waals surface area (Å²) in [6, 6.07) is 0.178. The van der Waals surface area contributed by atoms with Crippen LogP contribution in [0.1, 0.15) is 26.7 Å². The van der Waals surface area contributed by atoms with E-state index in [0.29, 0.717) is 5.92 Å². The van der Waals surface area contributed by atoms with Crippen LogP contribution in [-0.2, 0) is 4.74 Å². The molecule has 1 atom stereocenters. The van der Waals surface area contributed by atoms with Gasteiger partial charge in [-0.15, -0.1) is 0 Å². The van der Waals surface area contributed by atoms with Crippen LogP contribution in [0.3, 0.4) is 0 Å². The number of hydrogen-bond acceptors (Lipinski definition) is 3. The molecule has 0 aromatic rings. The van der Waals surface area contributed by atoms with Crippen molar-refractivity contribution in [1.82, 2.24) is 10.6 Å². The average molecular weight is 198 g/mol. The Morgan fingerprint density at radius 2 is 2.07 bits per heavy atom. The summed E-state index contributed by atoms with van der Waals surface area (Å²) in [7, 11) is 0. The fourth-order valence-corrected chi connectivity index (χ4v) is 2.57. The number of alkyl carbamates (subject to hydrolysis) is 1. The molecule has 2 fully saturated rings. The minimum atomic E-state index is -0.245. The van der Waals surface area contributed by atoms with Crippen molar-refractivity contribution in [2.24, 2.45) is 5.92 Å². The minimum Gasteiger partial charge on any atom is -0.441 e. The van der Waals surface area contributed by atoms with Crippen LogP contribution >= 0.6 is 0 Å². The van der Waals surface area contributed by atoms with Crippen LogP contribution < -0.4 is 10.6 Å². The van der Waals surface area contributed by atoms with Gasteiger partial charge in [-0.1, -0.05) is 13.8 Å². The first-order valence-corrected chi connectivity index (χ1v) is 5.34. The topological polar surface area (TPSA) is 50.4 Å². The minimum absolute atomic E-state index is 0.178. The van der Waals surface area contributed by atoms with Gasteiger partial charge < -0.3 is 15.4 Å². The van der Waals surface area contributed by atoms with Crippen molar-refractivity contribution in [3.8, 4) is 0 Å². The number of carbonyl (C=O) groups excluding carboxylic acids is 1. The van der Waals surface area contributed by atoms with Gasteiger partial charge in [0.25, 0.3) is 0 Å². The summed E-state index contributed by atoms with van der Waals surface area (Å²) in [6.45, 7) is 6.14. The van der Waals surface area contributed by atoms with Gasteiger partial charge >= 0.3 is 6.09 Å². The smallest absolute Gasteiger partial charge is 0.408 e. The maximum Gasteiger partial charge on any atom is 0.408 e. The number of piperidine rings is 1. The van der Waals surface area contributed by atoms with E-state index in [0.717, 1.165) is 25.9 Å². The Morgan fingerprint density at radius 1 is 1.43 bits per heavy atom. The predicted octanol–water partition coefficient (Wildman–Crippen LogP) is 0.873. The first-order valence-electron chi connectivity index (χ1n) is 5.34. The molecule has 80 valence electrons. The third kappa shape index (κ3) is 1.47. The largest absolute Gasteiger partial charge is 0.441 e. The van der Waals surface area contributed by atoms with E-state index in [1.165, 1.54) is 0 Å². The highest BCUT2D eigenvalue weighted by molar-refractivity contribution is 5.71. The van der Waals surface area contributed by atoms with E-state index >= 15 is 0 Å². The van der Waals surface area contributed by atoms with Crippen molar-refractivity contribution < 1.29 is 9.53 Å². The fraction of sp³-hybridized carbons (Fsp3) is 0.900. The number of amides is 1. The first kappa shape index (κ1) is 9.77. The Labute approximate surface area is 84.4 Å². The molecule has 1 unspecified atom stereocenters. The van der Waals surface area contributed by atoms with E-state index in [-0.39, 0.29) is 17.7 Å². The van der Waals surface area contributed by atoms with Crippen molar-refractivity contribution in [3.05, 3.63) is 0 Å². The van der Waals surface area contributed by atoms with E-state index in [9.17, 15) is 4.79 Å². The molecule has 4 heteroatoms. The quantitative estimate of drug-likeness (QED) is 0.657. The summed E-state index contributed by atoms with van der Waals surface area (Å²) < 4.78 is 5.47. The highest BCUT2D eigenvalue weighted by Gasteiger charge is 2.50. The maximum absolute atomic E-state index is 11.3. The Balaban J connectivity index is 2.17. The Bertz CT molecular complexity index is 234. The van der Waals surface area contributed by atoms with Gasteiger partial charge in [-0.2, -0.15) is 0 Å². The van der Waals surface area contributed by atoms with Crippen molar-refractivity contribution in [2.75, 3.05) is 13.1 Å². The highest BCUT2D eigenvalue weighted by atomic mass is 16.6. The zero-order chi connectivity index (χ0) is 10.2. The lowest BCUT2D eigenvalue weighted by Gasteiger charge is -2.37. The summed E-state index contributed by atoms with van der Waals surface area (Å²) in [5, 5.41) is 6.22. The Hall–Kier alpha value is -0.770. The molecule has 2 rings (SSSR count). The van der Waals surface area contributed by atoms with Gasteiger partial charge in [0.2, 0.25) is 0 Å². The van der Waals surface area contributed by atoms with Gasteiger partial charge in [-0.25, -0.2) is 4.79 Å². The Morgan fingerprint density at radius 3 is 2.64 bits per heavy atom. The molecule has 0 radical (unpaired) electrons. The molecule has 0 aromatic carbocycles. The van der Waals surface area contributed by atoms with Crippen LogP contribution in [0.15, 0.2) is 0 Å². The normalized spacial score (nSPS) is 30.5. The van der Waals surface area contributed by atoms with Crippen molar-refractivity contribution in [2.45, 2.75) is 38.3 Å². The van der Waals surface area contributed by atoms with Crippen LogP contribution in [0, 0.1) is 5.92 Å². The van der Waals surface area contributed by atoms with Crippen molar-refractivity contribution >= 4 is 6.09 Å². The molecule has 1 spiro atoms. The summed E-state index contributed by atoms with van der Waals surface area (Å²) in [4.78, 5) is 11.3. The lowest BCUT2D eigenvalue weighted by Crippen LogP contribution is -2.52. The lowest BCUT2D eigenvalue weighted by atomic mass is 9.80. The zero-order valence-corrected chi connectivity index (χ0v) is 8.80. The van der Waals surface area contributed by atoms with Gasteiger partial charge in [0.15, 0.2) is 0 Å². The molecule has 1 amide bonds. The molecule has 2 aliphatic heterocycles. The third-order valence-corrected chi connectivity index (χ3v) is 3.25. The van der Waals surface area contributed by atoms with E-state index in [2.05, 4.69) is 24.5 Å². The second-order valence-electron chi connectivity index (χ2n) is 4.57. The van der Waals surface area contributed by atoms with Gasteiger partial charge in [-0.05, 0) is 19.0 Å². The zero-order valence-electron chi connectivity index (χ0n) is 8.80. The second-order valence-corrected chi connectivity index (χ2v) is 4.57. The molecule has 0 bridgehead atoms. The summed E-state index contributed by atoms with van der Waals surface area (Å²) in [5.74, 6) is 0.430. The summed E-state index contributed by atoms with van der Waals surface area (Å²) in [6.07, 6.45) is 1.61. The monoisotopic (exact) mass is 198 g/mol. The number of carbonyl (C=O) groups is 1. The SMILES string of the molecule is CC(C)C1NC(=O)OC12CCNCC2. The highest BCUT2D eigenvalue weighted by Crippen LogP contribution is 2.34. The molecule has 2 heterocycles. The predicted molar refractivity (Wildman–Crippen MR) is 53.1 cm³/mol. The second kappa shape index (κ2) is 3.42. The fourth-order valence-electron chi connectivity index (χ4n) is 2.57. The summed E-state index contributed by atoms with van der Waals surface area (Å²) in [5.41, 5.74) is -0.240. The van der Waals surface area contributed by atoms with Gasteiger partial charge in [0.1, 0.15) is 5.60 Å². The molecule has 2 aliphatic rings. The average Bonchev–Trinajstić information content (AvgIpc) is 2.44. The van der Waals surface area contributed by atoms with E-state index < -0.39 is 0 Å². The molecular weight excluding hydrogens is 180 g/mol. The third-order valence-electron chi connectivity index (χ3n) is 3.25. The molecule has 0 aromatic heterocycles. The van der Waals surface area contributed by atoms with Gasteiger partial charge in [0, 0.05) is 12.8 Å². The number of nitrogens with one attached hydrogen (secondary N) is 2. The van der Waals surface area contributed by atoms with Crippen LogP contribution in [0.4, 0.5) is 4.79 Å². The first-order chi connectivity index (χ1) is 6.64. The Kier molecular flexibility index (Phi) is 2.39. The van der Waals surface area contributed by atoms with Crippen LogP contribution in [0.2, 0.25) is 0 Å². The maximum atomic E-state index is 11.3. The molecule has 0 saturated carbocycles. The lowest BCUT2D eigenvalue weighted by molar-refractivity contribution is 0.000823. The van der Waals surface area contributed by atoms with Crippen molar-refractivity contribution in [3.63, 3.8) is 0 Å². The molecule has 14 heavy (non-hydrogen) atoms. The standard InChI is InChI=1S/C10H18N2O2/c1-7(2)8-10(14-9(13)12-8)3-5-11-6-4-10/h7-8,11H,3-6H2,1-2H3,(H,12,13). The van der Waals surface area contributed by atoms with Gasteiger partial charge in [0.05, 0.1) is 6.04 Å². The van der Waals surface area contributed by atoms with E-state index in [1.54, 1.807) is 0 Å². The van der Waals surface area contributed by atoms with E-state index in [1.807, 2.05) is 0 Å². The molecule has 2 saturated heterocycles. The number of hydrogen-bond donors (Lipinski definition) is 2. The molecule has 2 N–H and O–H groups in total. The number of ether oxygens (including phenoxy) is 1. The molecular formula is C10H18N2O2. The van der Waals surface area contributed by atoms with Crippen LogP contribution in [0.25, 0.3) is 0 Å². The van der Waals surface area contributed by atoms with E-state index in [4.69, 9.17) is 4.74 Å². The molecule has 0 aliphatic carbocycles. The van der Waals surface area contributed by atoms with Gasteiger partial charge in [-0.3, -0.25) is 0 Å². The van der Waals surface area contributed by atoms with Crippen LogP contribution in [-0.4, -0.2) is 30.8 Å². The number of rotatable bonds is 1. The summed E-state index contributed by atoms with van der Waals surface area (Å²) >= 11 is 0.